The Bertz CT molecular complexity index is 576. The molecule has 1 saturated heterocycles. The summed E-state index contributed by atoms with van der Waals surface area (Å²) in [6.07, 6.45) is 5.39. The van der Waals surface area contributed by atoms with E-state index in [4.69, 9.17) is 0 Å². The standard InChI is InChI=1S/C15H22N2O2S/c1-12-3-5-14(6-4-12)20(18,19)17-13-7-10-16-15(11-13)8-2-9-15/h3-6,13,16-17H,2,7-11H2,1H3. The Labute approximate surface area is 121 Å². The molecule has 1 atom stereocenters. The van der Waals surface area contributed by atoms with Gasteiger partial charge in [0.2, 0.25) is 10.0 Å². The smallest absolute Gasteiger partial charge is 0.240 e. The van der Waals surface area contributed by atoms with Crippen LogP contribution in [0.15, 0.2) is 29.2 Å². The van der Waals surface area contributed by atoms with Gasteiger partial charge >= 0.3 is 0 Å². The highest BCUT2D eigenvalue weighted by atomic mass is 32.2. The van der Waals surface area contributed by atoms with E-state index in [2.05, 4.69) is 10.0 Å². The van der Waals surface area contributed by atoms with Gasteiger partial charge in [0.15, 0.2) is 0 Å². The van der Waals surface area contributed by atoms with Gasteiger partial charge in [-0.25, -0.2) is 13.1 Å². The summed E-state index contributed by atoms with van der Waals surface area (Å²) in [6, 6.07) is 7.09. The first-order valence-electron chi connectivity index (χ1n) is 7.33. The van der Waals surface area contributed by atoms with Crippen LogP contribution in [0.2, 0.25) is 0 Å². The van der Waals surface area contributed by atoms with Gasteiger partial charge in [0.05, 0.1) is 4.90 Å². The van der Waals surface area contributed by atoms with Crippen molar-refractivity contribution in [3.05, 3.63) is 29.8 Å². The molecule has 110 valence electrons. The molecular formula is C15H22N2O2S. The second-order valence-corrected chi connectivity index (χ2v) is 7.90. The number of rotatable bonds is 3. The van der Waals surface area contributed by atoms with Crippen molar-refractivity contribution in [2.75, 3.05) is 6.54 Å². The van der Waals surface area contributed by atoms with Gasteiger partial charge < -0.3 is 5.32 Å². The number of benzene rings is 1. The Morgan fingerprint density at radius 1 is 1.25 bits per heavy atom. The zero-order valence-corrected chi connectivity index (χ0v) is 12.7. The van der Waals surface area contributed by atoms with Crippen LogP contribution in [0.3, 0.4) is 0 Å². The number of sulfonamides is 1. The zero-order valence-electron chi connectivity index (χ0n) is 11.9. The fourth-order valence-electron chi connectivity index (χ4n) is 3.25. The van der Waals surface area contributed by atoms with Crippen molar-refractivity contribution in [3.8, 4) is 0 Å². The maximum absolute atomic E-state index is 12.4. The first kappa shape index (κ1) is 14.0. The molecule has 0 amide bonds. The van der Waals surface area contributed by atoms with Crippen LogP contribution >= 0.6 is 0 Å². The van der Waals surface area contributed by atoms with Gasteiger partial charge in [-0.1, -0.05) is 17.7 Å². The predicted molar refractivity (Wildman–Crippen MR) is 79.1 cm³/mol. The first-order valence-corrected chi connectivity index (χ1v) is 8.82. The van der Waals surface area contributed by atoms with E-state index in [1.54, 1.807) is 12.1 Å². The van der Waals surface area contributed by atoms with Crippen molar-refractivity contribution in [2.24, 2.45) is 0 Å². The summed E-state index contributed by atoms with van der Waals surface area (Å²) in [5, 5.41) is 3.56. The Kier molecular flexibility index (Phi) is 3.60. The van der Waals surface area contributed by atoms with Gasteiger partial charge in [-0.05, 0) is 57.7 Å². The van der Waals surface area contributed by atoms with Gasteiger partial charge in [-0.2, -0.15) is 0 Å². The molecule has 2 N–H and O–H groups in total. The summed E-state index contributed by atoms with van der Waals surface area (Å²) in [5.74, 6) is 0. The Balaban J connectivity index is 1.71. The van der Waals surface area contributed by atoms with Crippen LogP contribution in [-0.4, -0.2) is 26.5 Å². The summed E-state index contributed by atoms with van der Waals surface area (Å²) in [6.45, 7) is 2.86. The third kappa shape index (κ3) is 2.75. The summed E-state index contributed by atoms with van der Waals surface area (Å²) < 4.78 is 27.7. The molecule has 1 aliphatic heterocycles. The number of hydrogen-bond acceptors (Lipinski definition) is 3. The molecule has 0 aromatic heterocycles. The summed E-state index contributed by atoms with van der Waals surface area (Å²) in [7, 11) is -3.39. The molecule has 3 rings (SSSR count). The van der Waals surface area contributed by atoms with Crippen molar-refractivity contribution in [1.82, 2.24) is 10.0 Å². The number of nitrogens with one attached hydrogen (secondary N) is 2. The average Bonchev–Trinajstić information content (AvgIpc) is 2.37. The lowest BCUT2D eigenvalue weighted by molar-refractivity contribution is 0.126. The van der Waals surface area contributed by atoms with Crippen LogP contribution < -0.4 is 10.0 Å². The quantitative estimate of drug-likeness (QED) is 0.896. The highest BCUT2D eigenvalue weighted by Crippen LogP contribution is 2.38. The van der Waals surface area contributed by atoms with Crippen LogP contribution in [-0.2, 0) is 10.0 Å². The van der Waals surface area contributed by atoms with E-state index in [0.29, 0.717) is 4.90 Å². The molecule has 0 radical (unpaired) electrons. The summed E-state index contributed by atoms with van der Waals surface area (Å²) in [4.78, 5) is 0.365. The minimum absolute atomic E-state index is 0.0582. The van der Waals surface area contributed by atoms with Gasteiger partial charge in [-0.15, -0.1) is 0 Å². The van der Waals surface area contributed by atoms with Crippen molar-refractivity contribution in [2.45, 2.75) is 55.5 Å². The van der Waals surface area contributed by atoms with Crippen LogP contribution in [0.25, 0.3) is 0 Å². The lowest BCUT2D eigenvalue weighted by atomic mass is 9.70. The molecule has 0 bridgehead atoms. The molecule has 20 heavy (non-hydrogen) atoms. The molecule has 1 aromatic rings. The minimum atomic E-state index is -3.39. The van der Waals surface area contributed by atoms with Crippen LogP contribution in [0.4, 0.5) is 0 Å². The van der Waals surface area contributed by atoms with Gasteiger partial charge in [0.25, 0.3) is 0 Å². The first-order chi connectivity index (χ1) is 9.49. The molecular weight excluding hydrogens is 272 g/mol. The van der Waals surface area contributed by atoms with Crippen molar-refractivity contribution < 1.29 is 8.42 Å². The molecule has 2 fully saturated rings. The van der Waals surface area contributed by atoms with Gasteiger partial charge in [-0.3, -0.25) is 0 Å². The van der Waals surface area contributed by atoms with E-state index in [9.17, 15) is 8.42 Å². The maximum atomic E-state index is 12.4. The van der Waals surface area contributed by atoms with E-state index >= 15 is 0 Å². The third-order valence-corrected chi connectivity index (χ3v) is 6.13. The highest BCUT2D eigenvalue weighted by molar-refractivity contribution is 7.89. The Morgan fingerprint density at radius 3 is 2.55 bits per heavy atom. The molecule has 2 aliphatic rings. The summed E-state index contributed by atoms with van der Waals surface area (Å²) in [5.41, 5.74) is 1.28. The zero-order chi connectivity index (χ0) is 14.2. The van der Waals surface area contributed by atoms with Crippen LogP contribution in [0.1, 0.15) is 37.7 Å². The SMILES string of the molecule is Cc1ccc(S(=O)(=O)NC2CCNC3(CCC3)C2)cc1. The fraction of sp³-hybridized carbons (Fsp3) is 0.600. The second-order valence-electron chi connectivity index (χ2n) is 6.18. The largest absolute Gasteiger partial charge is 0.311 e. The van der Waals surface area contributed by atoms with Crippen molar-refractivity contribution in [1.29, 1.82) is 0 Å². The lowest BCUT2D eigenvalue weighted by Crippen LogP contribution is -2.59. The molecule has 1 aromatic carbocycles. The fourth-order valence-corrected chi connectivity index (χ4v) is 4.52. The van der Waals surface area contributed by atoms with Crippen molar-refractivity contribution >= 4 is 10.0 Å². The lowest BCUT2D eigenvalue weighted by Gasteiger charge is -2.48. The normalized spacial score (nSPS) is 25.4. The molecule has 5 heteroatoms. The minimum Gasteiger partial charge on any atom is -0.311 e. The maximum Gasteiger partial charge on any atom is 0.240 e. The molecule has 1 spiro atoms. The summed E-state index contributed by atoms with van der Waals surface area (Å²) >= 11 is 0. The van der Waals surface area contributed by atoms with Crippen LogP contribution in [0.5, 0.6) is 0 Å². The van der Waals surface area contributed by atoms with E-state index in [0.717, 1.165) is 24.9 Å². The molecule has 1 saturated carbocycles. The average molecular weight is 294 g/mol. The molecule has 4 nitrogen and oxygen atoms in total. The van der Waals surface area contributed by atoms with Crippen LogP contribution in [0, 0.1) is 6.92 Å². The monoisotopic (exact) mass is 294 g/mol. The highest BCUT2D eigenvalue weighted by Gasteiger charge is 2.41. The Hall–Kier alpha value is -0.910. The van der Waals surface area contributed by atoms with Crippen molar-refractivity contribution in [3.63, 3.8) is 0 Å². The molecule has 1 aliphatic carbocycles. The molecule has 1 unspecified atom stereocenters. The topological polar surface area (TPSA) is 58.2 Å². The second kappa shape index (κ2) is 5.13. The van der Waals surface area contributed by atoms with E-state index in [1.165, 1.54) is 19.3 Å². The third-order valence-electron chi connectivity index (χ3n) is 4.59. The number of aryl methyl sites for hydroxylation is 1. The van der Waals surface area contributed by atoms with E-state index in [1.807, 2.05) is 19.1 Å². The van der Waals surface area contributed by atoms with E-state index in [-0.39, 0.29) is 11.6 Å². The van der Waals surface area contributed by atoms with E-state index < -0.39 is 10.0 Å². The Morgan fingerprint density at radius 2 is 1.95 bits per heavy atom. The van der Waals surface area contributed by atoms with Gasteiger partial charge in [0.1, 0.15) is 0 Å². The van der Waals surface area contributed by atoms with Gasteiger partial charge in [0, 0.05) is 11.6 Å². The molecule has 1 heterocycles. The number of piperidine rings is 1. The number of hydrogen-bond donors (Lipinski definition) is 2. The predicted octanol–water partition coefficient (Wildman–Crippen LogP) is 1.95.